The van der Waals surface area contributed by atoms with Crippen LogP contribution in [0.15, 0.2) is 18.3 Å². The van der Waals surface area contributed by atoms with E-state index in [1.165, 1.54) is 27.0 Å². The number of likely N-dealkylation sites (tertiary alicyclic amines) is 2. The third-order valence-corrected chi connectivity index (χ3v) is 10.2. The molecular weight excluding hydrogens is 619 g/mol. The van der Waals surface area contributed by atoms with E-state index >= 15 is 4.39 Å². The lowest BCUT2D eigenvalue weighted by molar-refractivity contribution is -0.172. The van der Waals surface area contributed by atoms with Crippen LogP contribution in [0.5, 0.6) is 5.75 Å². The van der Waals surface area contributed by atoms with E-state index in [1.54, 1.807) is 17.4 Å². The largest absolute Gasteiger partial charge is 0.472 e. The summed E-state index contributed by atoms with van der Waals surface area (Å²) in [5.41, 5.74) is -2.95. The predicted octanol–water partition coefficient (Wildman–Crippen LogP) is 2.53. The molecule has 2 aliphatic carbocycles. The van der Waals surface area contributed by atoms with Crippen molar-refractivity contribution < 1.29 is 45.9 Å². The predicted molar refractivity (Wildman–Crippen MR) is 148 cm³/mol. The molecule has 4 heterocycles. The Hall–Kier alpha value is -4.03. The second-order valence-electron chi connectivity index (χ2n) is 14.0. The fraction of sp³-hybridized carbons (Fsp3) is 0.667. The summed E-state index contributed by atoms with van der Waals surface area (Å²) in [7, 11) is 0. The maximum absolute atomic E-state index is 15.2. The molecule has 5 aliphatic rings. The zero-order valence-corrected chi connectivity index (χ0v) is 25.2. The Morgan fingerprint density at radius 3 is 2.57 bits per heavy atom. The van der Waals surface area contributed by atoms with Gasteiger partial charge < -0.3 is 25.2 Å². The SMILES string of the molecule is CC(C)(C)C(NC(=O)C(F)(F)C(F)F)C(=O)N1CC2C3CC(F)C(C3)C2C1C(=O)N1CC2(CC1C#N)Oc1cccnc1NC2=O. The van der Waals surface area contributed by atoms with Crippen molar-refractivity contribution in [2.75, 3.05) is 18.4 Å². The monoisotopic (exact) mass is 652 g/mol. The quantitative estimate of drug-likeness (QED) is 0.466. The van der Waals surface area contributed by atoms with E-state index in [1.807, 2.05) is 6.07 Å². The molecule has 9 unspecified atom stereocenters. The van der Waals surface area contributed by atoms with Crippen LogP contribution in [-0.2, 0) is 19.2 Å². The van der Waals surface area contributed by atoms with Crippen molar-refractivity contribution in [1.82, 2.24) is 20.1 Å². The maximum Gasteiger partial charge on any atom is 0.383 e. The van der Waals surface area contributed by atoms with Gasteiger partial charge in [-0.2, -0.15) is 14.0 Å². The Morgan fingerprint density at radius 2 is 1.91 bits per heavy atom. The molecule has 0 radical (unpaired) electrons. The number of hydrogen-bond acceptors (Lipinski definition) is 7. The van der Waals surface area contributed by atoms with Gasteiger partial charge in [0.15, 0.2) is 11.6 Å². The Bertz CT molecular complexity index is 1520. The number of ether oxygens (including phenoxy) is 1. The third kappa shape index (κ3) is 4.84. The lowest BCUT2D eigenvalue weighted by atomic mass is 9.77. The van der Waals surface area contributed by atoms with Crippen LogP contribution < -0.4 is 15.4 Å². The number of alkyl halides is 5. The fourth-order valence-electron chi connectivity index (χ4n) is 8.06. The molecule has 11 nitrogen and oxygen atoms in total. The molecule has 4 amide bonds. The molecule has 16 heteroatoms. The molecule has 1 aromatic rings. The Kier molecular flexibility index (Phi) is 7.47. The van der Waals surface area contributed by atoms with Crippen molar-refractivity contribution in [3.05, 3.63) is 18.3 Å². The highest BCUT2D eigenvalue weighted by Gasteiger charge is 2.65. The summed E-state index contributed by atoms with van der Waals surface area (Å²) in [6.45, 7) is 3.87. The minimum absolute atomic E-state index is 0.0618. The van der Waals surface area contributed by atoms with Gasteiger partial charge in [0, 0.05) is 19.2 Å². The standard InChI is InChI=1S/C30H33F5N6O5/c1-28(2,3)21(38-27(45)30(34,35)25(32)33)24(43)40-11-16-13-7-15(17(31)8-13)19(16)20(40)23(42)41-12-29(9-14(41)10-36)26(44)39-22-18(46-29)5-4-6-37-22/h4-6,13-17,19-21,25H,7-9,11-12H2,1-3H3,(H,38,45)(H,37,39,44). The topological polar surface area (TPSA) is 145 Å². The van der Waals surface area contributed by atoms with E-state index in [2.05, 4.69) is 10.3 Å². The summed E-state index contributed by atoms with van der Waals surface area (Å²) < 4.78 is 75.2. The molecule has 248 valence electrons. The second kappa shape index (κ2) is 10.8. The number of rotatable bonds is 5. The molecule has 0 aromatic carbocycles. The smallest absolute Gasteiger partial charge is 0.383 e. The number of pyridine rings is 1. The van der Waals surface area contributed by atoms with Gasteiger partial charge in [-0.3, -0.25) is 19.2 Å². The highest BCUT2D eigenvalue weighted by molar-refractivity contribution is 6.01. The Morgan fingerprint density at radius 1 is 1.20 bits per heavy atom. The molecule has 1 aromatic heterocycles. The van der Waals surface area contributed by atoms with Gasteiger partial charge in [-0.25, -0.2) is 18.2 Å². The highest BCUT2D eigenvalue weighted by atomic mass is 19.3. The second-order valence-corrected chi connectivity index (χ2v) is 14.0. The number of carbonyl (C=O) groups is 4. The zero-order valence-electron chi connectivity index (χ0n) is 25.2. The van der Waals surface area contributed by atoms with Gasteiger partial charge in [0.2, 0.25) is 17.4 Å². The first-order valence-corrected chi connectivity index (χ1v) is 15.1. The molecule has 2 N–H and O–H groups in total. The maximum atomic E-state index is 15.2. The summed E-state index contributed by atoms with van der Waals surface area (Å²) in [4.78, 5) is 60.6. The molecule has 2 saturated heterocycles. The summed E-state index contributed by atoms with van der Waals surface area (Å²) in [6, 6.07) is 0.854. The van der Waals surface area contributed by atoms with Gasteiger partial charge in [0.25, 0.3) is 11.8 Å². The van der Waals surface area contributed by atoms with Crippen LogP contribution >= 0.6 is 0 Å². The van der Waals surface area contributed by atoms with Gasteiger partial charge in [-0.05, 0) is 54.1 Å². The molecule has 4 fully saturated rings. The van der Waals surface area contributed by atoms with Crippen LogP contribution in [-0.4, -0.2) is 93.7 Å². The Balaban J connectivity index is 1.34. The summed E-state index contributed by atoms with van der Waals surface area (Å²) in [6.07, 6.45) is -3.65. The average molecular weight is 653 g/mol. The van der Waals surface area contributed by atoms with Gasteiger partial charge in [-0.1, -0.05) is 20.8 Å². The van der Waals surface area contributed by atoms with Crippen LogP contribution in [0, 0.1) is 40.4 Å². The van der Waals surface area contributed by atoms with Crippen molar-refractivity contribution >= 4 is 29.4 Å². The van der Waals surface area contributed by atoms with E-state index in [9.17, 15) is 42.0 Å². The zero-order chi connectivity index (χ0) is 33.5. The van der Waals surface area contributed by atoms with Crippen molar-refractivity contribution in [1.29, 1.82) is 5.26 Å². The first-order valence-electron chi connectivity index (χ1n) is 15.1. The van der Waals surface area contributed by atoms with Gasteiger partial charge >= 0.3 is 12.3 Å². The van der Waals surface area contributed by atoms with E-state index in [0.29, 0.717) is 6.42 Å². The lowest BCUT2D eigenvalue weighted by Crippen LogP contribution is -2.62. The average Bonchev–Trinajstić information content (AvgIpc) is 3.74. The minimum Gasteiger partial charge on any atom is -0.472 e. The molecule has 1 spiro atoms. The van der Waals surface area contributed by atoms with E-state index in [4.69, 9.17) is 4.74 Å². The van der Waals surface area contributed by atoms with Crippen molar-refractivity contribution in [3.63, 3.8) is 0 Å². The van der Waals surface area contributed by atoms with Crippen molar-refractivity contribution in [2.24, 2.45) is 29.1 Å². The fourth-order valence-corrected chi connectivity index (χ4v) is 8.06. The van der Waals surface area contributed by atoms with Crippen LogP contribution in [0.2, 0.25) is 0 Å². The molecular formula is C30H33F5N6O5. The van der Waals surface area contributed by atoms with E-state index < -0.39 is 83.1 Å². The van der Waals surface area contributed by atoms with Gasteiger partial charge in [-0.15, -0.1) is 0 Å². The summed E-state index contributed by atoms with van der Waals surface area (Å²) >= 11 is 0. The number of halogens is 5. The summed E-state index contributed by atoms with van der Waals surface area (Å²) in [5.74, 6) is -11.2. The van der Waals surface area contributed by atoms with Crippen LogP contribution in [0.4, 0.5) is 27.8 Å². The number of aromatic nitrogens is 1. The first kappa shape index (κ1) is 31.9. The molecule has 6 rings (SSSR count). The minimum atomic E-state index is -5.08. The molecule has 2 saturated carbocycles. The van der Waals surface area contributed by atoms with Crippen molar-refractivity contribution in [3.8, 4) is 11.8 Å². The van der Waals surface area contributed by atoms with E-state index in [-0.39, 0.29) is 49.3 Å². The highest BCUT2D eigenvalue weighted by Crippen LogP contribution is 2.59. The molecule has 2 bridgehead atoms. The third-order valence-electron chi connectivity index (χ3n) is 10.2. The number of carbonyl (C=O) groups excluding carboxylic acids is 4. The molecule has 3 aliphatic heterocycles. The lowest BCUT2D eigenvalue weighted by Gasteiger charge is -2.39. The van der Waals surface area contributed by atoms with Crippen LogP contribution in [0.1, 0.15) is 40.0 Å². The number of nitriles is 1. The van der Waals surface area contributed by atoms with Gasteiger partial charge in [0.1, 0.15) is 24.3 Å². The number of fused-ring (bicyclic) bond motifs is 6. The number of amides is 4. The van der Waals surface area contributed by atoms with Crippen molar-refractivity contribution in [2.45, 2.75) is 82.3 Å². The van der Waals surface area contributed by atoms with Gasteiger partial charge in [0.05, 0.1) is 12.6 Å². The first-order chi connectivity index (χ1) is 21.5. The number of nitrogens with zero attached hydrogens (tertiary/aromatic N) is 4. The number of nitrogens with one attached hydrogen (secondary N) is 2. The molecule has 9 atom stereocenters. The van der Waals surface area contributed by atoms with Crippen LogP contribution in [0.25, 0.3) is 0 Å². The van der Waals surface area contributed by atoms with E-state index in [0.717, 1.165) is 9.80 Å². The summed E-state index contributed by atoms with van der Waals surface area (Å²) in [5, 5.41) is 14.5. The molecule has 46 heavy (non-hydrogen) atoms. The normalized spacial score (nSPS) is 33.7. The number of anilines is 1. The Labute approximate surface area is 260 Å². The number of hydrogen-bond donors (Lipinski definition) is 2. The van der Waals surface area contributed by atoms with Crippen LogP contribution in [0.3, 0.4) is 0 Å².